The quantitative estimate of drug-likeness (QED) is 0.708. The van der Waals surface area contributed by atoms with Gasteiger partial charge >= 0.3 is 0 Å². The molecule has 0 bridgehead atoms. The average Bonchev–Trinajstić information content (AvgIpc) is 2.73. The molecule has 2 aromatic carbocycles. The third kappa shape index (κ3) is 5.48. The van der Waals surface area contributed by atoms with Crippen molar-refractivity contribution in [3.8, 4) is 0 Å². The van der Waals surface area contributed by atoms with Crippen LogP contribution in [0.25, 0.3) is 0 Å². The summed E-state index contributed by atoms with van der Waals surface area (Å²) in [5.41, 5.74) is 1.85. The van der Waals surface area contributed by atoms with Gasteiger partial charge in [-0.25, -0.2) is 8.42 Å². The lowest BCUT2D eigenvalue weighted by atomic mass is 9.82. The minimum absolute atomic E-state index is 0.132. The monoisotopic (exact) mass is 460 g/mol. The summed E-state index contributed by atoms with van der Waals surface area (Å²) < 4.78 is 23.2. The molecule has 2 aliphatic rings. The standard InChI is InChI=1S/C24H29ClN2O3S/c1-31(29,30)21-8-4-19(5-9-21)24(28)26-22-10-11-23(22)27-14-12-18(13-15-27)16-17-2-6-20(25)7-3-17/h2-9,18,22-23H,10-16H2,1H3,(H,26,28)/t22-,23-/m1/s1. The number of nitrogens with one attached hydrogen (secondary N) is 1. The Kier molecular flexibility index (Phi) is 6.70. The van der Waals surface area contributed by atoms with Gasteiger partial charge in [0.05, 0.1) is 4.90 Å². The molecule has 1 aliphatic carbocycles. The Bertz CT molecular complexity index is 1010. The highest BCUT2D eigenvalue weighted by Crippen LogP contribution is 2.31. The molecule has 2 aromatic rings. The molecule has 0 unspecified atom stereocenters. The van der Waals surface area contributed by atoms with Gasteiger partial charge in [0, 0.05) is 28.9 Å². The number of piperidine rings is 1. The Labute approximate surface area is 189 Å². The van der Waals surface area contributed by atoms with Crippen LogP contribution in [0, 0.1) is 5.92 Å². The van der Waals surface area contributed by atoms with E-state index in [2.05, 4.69) is 22.3 Å². The van der Waals surface area contributed by atoms with Crippen LogP contribution in [0.2, 0.25) is 5.02 Å². The number of nitrogens with zero attached hydrogens (tertiary/aromatic N) is 1. The highest BCUT2D eigenvalue weighted by atomic mass is 35.5. The van der Waals surface area contributed by atoms with Crippen molar-refractivity contribution in [3.05, 3.63) is 64.7 Å². The van der Waals surface area contributed by atoms with Crippen LogP contribution in [-0.4, -0.2) is 50.7 Å². The average molecular weight is 461 g/mol. The highest BCUT2D eigenvalue weighted by Gasteiger charge is 2.38. The van der Waals surface area contributed by atoms with Crippen LogP contribution >= 0.6 is 11.6 Å². The molecule has 5 nitrogen and oxygen atoms in total. The molecule has 1 N–H and O–H groups in total. The molecule has 166 valence electrons. The molecular formula is C24H29ClN2O3S. The lowest BCUT2D eigenvalue weighted by Gasteiger charge is -2.47. The van der Waals surface area contributed by atoms with Crippen LogP contribution < -0.4 is 5.32 Å². The zero-order valence-electron chi connectivity index (χ0n) is 17.8. The van der Waals surface area contributed by atoms with Gasteiger partial charge < -0.3 is 5.32 Å². The molecule has 1 aliphatic heterocycles. The fourth-order valence-electron chi connectivity index (χ4n) is 4.64. The molecule has 4 rings (SSSR count). The van der Waals surface area contributed by atoms with Gasteiger partial charge in [-0.3, -0.25) is 9.69 Å². The van der Waals surface area contributed by atoms with E-state index in [4.69, 9.17) is 11.6 Å². The minimum Gasteiger partial charge on any atom is -0.348 e. The van der Waals surface area contributed by atoms with Crippen molar-refractivity contribution in [3.63, 3.8) is 0 Å². The normalized spacial score (nSPS) is 22.6. The lowest BCUT2D eigenvalue weighted by molar-refractivity contribution is 0.0490. The molecule has 2 fully saturated rings. The smallest absolute Gasteiger partial charge is 0.251 e. The Balaban J connectivity index is 1.27. The van der Waals surface area contributed by atoms with E-state index in [-0.39, 0.29) is 16.8 Å². The Morgan fingerprint density at radius 2 is 1.65 bits per heavy atom. The summed E-state index contributed by atoms with van der Waals surface area (Å²) in [5.74, 6) is 0.561. The predicted octanol–water partition coefficient (Wildman–Crippen LogP) is 3.96. The SMILES string of the molecule is CS(=O)(=O)c1ccc(C(=O)N[C@@H]2CC[C@H]2N2CCC(Cc3ccc(Cl)cc3)CC2)cc1. The zero-order valence-corrected chi connectivity index (χ0v) is 19.3. The third-order valence-corrected chi connectivity index (χ3v) is 8.04. The van der Waals surface area contributed by atoms with Crippen LogP contribution in [0.4, 0.5) is 0 Å². The van der Waals surface area contributed by atoms with Gasteiger partial charge in [-0.05, 0) is 93.1 Å². The summed E-state index contributed by atoms with van der Waals surface area (Å²) >= 11 is 5.98. The van der Waals surface area contributed by atoms with Gasteiger partial charge in [-0.2, -0.15) is 0 Å². The second kappa shape index (κ2) is 9.31. The van der Waals surface area contributed by atoms with Crippen molar-refractivity contribution in [1.29, 1.82) is 0 Å². The second-order valence-corrected chi connectivity index (χ2v) is 11.3. The number of sulfone groups is 1. The number of carbonyl (C=O) groups is 1. The zero-order chi connectivity index (χ0) is 22.0. The predicted molar refractivity (Wildman–Crippen MR) is 123 cm³/mol. The summed E-state index contributed by atoms with van der Waals surface area (Å²) in [6, 6.07) is 14.9. The summed E-state index contributed by atoms with van der Waals surface area (Å²) in [4.78, 5) is 15.4. The van der Waals surface area contributed by atoms with Crippen LogP contribution in [-0.2, 0) is 16.3 Å². The summed E-state index contributed by atoms with van der Waals surface area (Å²) in [6.45, 7) is 2.14. The van der Waals surface area contributed by atoms with Gasteiger partial charge in [0.2, 0.25) is 0 Å². The first-order valence-electron chi connectivity index (χ1n) is 10.9. The lowest BCUT2D eigenvalue weighted by Crippen LogP contribution is -2.59. The van der Waals surface area contributed by atoms with Crippen LogP contribution in [0.15, 0.2) is 53.4 Å². The summed E-state index contributed by atoms with van der Waals surface area (Å²) in [6.07, 6.45) is 6.71. The van der Waals surface area contributed by atoms with Crippen LogP contribution in [0.1, 0.15) is 41.6 Å². The van der Waals surface area contributed by atoms with Gasteiger partial charge in [0.1, 0.15) is 0 Å². The van der Waals surface area contributed by atoms with E-state index in [1.54, 1.807) is 12.1 Å². The number of likely N-dealkylation sites (tertiary alicyclic amines) is 1. The Morgan fingerprint density at radius 1 is 1.00 bits per heavy atom. The molecule has 1 amide bonds. The molecule has 1 heterocycles. The van der Waals surface area contributed by atoms with Crippen molar-refractivity contribution < 1.29 is 13.2 Å². The first-order chi connectivity index (χ1) is 14.8. The number of halogens is 1. The van der Waals surface area contributed by atoms with Crippen molar-refractivity contribution in [1.82, 2.24) is 10.2 Å². The number of hydrogen-bond donors (Lipinski definition) is 1. The Hall–Kier alpha value is -1.89. The maximum absolute atomic E-state index is 12.6. The highest BCUT2D eigenvalue weighted by molar-refractivity contribution is 7.90. The first-order valence-corrected chi connectivity index (χ1v) is 13.2. The van der Waals surface area contributed by atoms with Crippen molar-refractivity contribution >= 4 is 27.3 Å². The van der Waals surface area contributed by atoms with Crippen molar-refractivity contribution in [2.24, 2.45) is 5.92 Å². The number of carbonyl (C=O) groups excluding carboxylic acids is 1. The number of rotatable bonds is 6. The van der Waals surface area contributed by atoms with Crippen molar-refractivity contribution in [2.45, 2.75) is 49.1 Å². The summed E-state index contributed by atoms with van der Waals surface area (Å²) in [5, 5.41) is 3.93. The third-order valence-electron chi connectivity index (χ3n) is 6.65. The molecule has 0 aromatic heterocycles. The topological polar surface area (TPSA) is 66.5 Å². The molecule has 2 atom stereocenters. The van der Waals surface area contributed by atoms with Gasteiger partial charge in [0.15, 0.2) is 9.84 Å². The van der Waals surface area contributed by atoms with E-state index in [1.807, 2.05) is 12.1 Å². The minimum atomic E-state index is -3.26. The van der Waals surface area contributed by atoms with Crippen LogP contribution in [0.3, 0.4) is 0 Å². The van der Waals surface area contributed by atoms with E-state index in [1.165, 1.54) is 36.8 Å². The van der Waals surface area contributed by atoms with Gasteiger partial charge in [-0.15, -0.1) is 0 Å². The fraction of sp³-hybridized carbons (Fsp3) is 0.458. The number of hydrogen-bond acceptors (Lipinski definition) is 4. The molecule has 1 saturated carbocycles. The Morgan fingerprint density at radius 3 is 2.19 bits per heavy atom. The molecule has 1 saturated heterocycles. The largest absolute Gasteiger partial charge is 0.348 e. The summed E-state index contributed by atoms with van der Waals surface area (Å²) in [7, 11) is -3.26. The van der Waals surface area contributed by atoms with Crippen LogP contribution in [0.5, 0.6) is 0 Å². The second-order valence-electron chi connectivity index (χ2n) is 8.83. The molecular weight excluding hydrogens is 432 g/mol. The molecule has 0 spiro atoms. The molecule has 31 heavy (non-hydrogen) atoms. The van der Waals surface area contributed by atoms with E-state index in [9.17, 15) is 13.2 Å². The number of amides is 1. The van der Waals surface area contributed by atoms with E-state index < -0.39 is 9.84 Å². The fourth-order valence-corrected chi connectivity index (χ4v) is 5.39. The van der Waals surface area contributed by atoms with Crippen molar-refractivity contribution in [2.75, 3.05) is 19.3 Å². The van der Waals surface area contributed by atoms with E-state index in [0.717, 1.165) is 37.4 Å². The molecule has 7 heteroatoms. The van der Waals surface area contributed by atoms with E-state index >= 15 is 0 Å². The maximum Gasteiger partial charge on any atom is 0.251 e. The number of benzene rings is 2. The van der Waals surface area contributed by atoms with E-state index in [0.29, 0.717) is 17.5 Å². The first kappa shape index (κ1) is 22.3. The maximum atomic E-state index is 12.6. The molecule has 0 radical (unpaired) electrons. The van der Waals surface area contributed by atoms with Gasteiger partial charge in [-0.1, -0.05) is 23.7 Å². The van der Waals surface area contributed by atoms with Gasteiger partial charge in [0.25, 0.3) is 5.91 Å².